The Bertz CT molecular complexity index is 1050. The highest BCUT2D eigenvalue weighted by molar-refractivity contribution is 6.32. The highest BCUT2D eigenvalue weighted by atomic mass is 35.5. The predicted octanol–water partition coefficient (Wildman–Crippen LogP) is 3.88. The Balaban J connectivity index is 1.64. The zero-order valence-corrected chi connectivity index (χ0v) is 16.6. The minimum atomic E-state index is -4.49. The standard InChI is InChI=1S/C17H18ClF3N8/c1-16(2,14-23-8-24-28(14)3)29-7-11(13(18)27-29)25-15-22-6-10(17(19,20)21)12(26-15)9-4-5-9/h6-9H,4-5H2,1-3H3,(H,22,25,26). The molecule has 3 aromatic rings. The molecule has 0 aromatic carbocycles. The van der Waals surface area contributed by atoms with E-state index in [1.807, 2.05) is 13.8 Å². The van der Waals surface area contributed by atoms with Crippen LogP contribution in [0.3, 0.4) is 0 Å². The van der Waals surface area contributed by atoms with Crippen molar-refractivity contribution in [3.63, 3.8) is 0 Å². The van der Waals surface area contributed by atoms with E-state index in [4.69, 9.17) is 11.6 Å². The molecule has 0 aliphatic heterocycles. The lowest BCUT2D eigenvalue weighted by atomic mass is 10.1. The molecule has 1 fully saturated rings. The molecule has 1 N–H and O–H groups in total. The lowest BCUT2D eigenvalue weighted by Gasteiger charge is -2.23. The summed E-state index contributed by atoms with van der Waals surface area (Å²) < 4.78 is 42.9. The number of hydrogen-bond acceptors (Lipinski definition) is 6. The third-order valence-corrected chi connectivity index (χ3v) is 5.11. The maximum absolute atomic E-state index is 13.2. The Morgan fingerprint density at radius 3 is 2.52 bits per heavy atom. The predicted molar refractivity (Wildman–Crippen MR) is 99.0 cm³/mol. The van der Waals surface area contributed by atoms with Gasteiger partial charge in [0.2, 0.25) is 5.95 Å². The molecule has 0 amide bonds. The molecule has 154 valence electrons. The van der Waals surface area contributed by atoms with Crippen LogP contribution in [0.15, 0.2) is 18.7 Å². The molecule has 0 saturated heterocycles. The molecule has 0 spiro atoms. The first-order valence-electron chi connectivity index (χ1n) is 8.88. The Morgan fingerprint density at radius 2 is 1.93 bits per heavy atom. The molecule has 8 nitrogen and oxygen atoms in total. The van der Waals surface area contributed by atoms with Gasteiger partial charge in [0.1, 0.15) is 11.9 Å². The molecule has 3 heterocycles. The first kappa shape index (κ1) is 19.6. The van der Waals surface area contributed by atoms with E-state index in [-0.39, 0.29) is 22.7 Å². The fourth-order valence-corrected chi connectivity index (χ4v) is 3.32. The minimum Gasteiger partial charge on any atom is -0.320 e. The van der Waals surface area contributed by atoms with Crippen molar-refractivity contribution in [2.24, 2.45) is 7.05 Å². The van der Waals surface area contributed by atoms with Crippen LogP contribution < -0.4 is 5.32 Å². The van der Waals surface area contributed by atoms with Gasteiger partial charge in [-0.1, -0.05) is 11.6 Å². The quantitative estimate of drug-likeness (QED) is 0.666. The van der Waals surface area contributed by atoms with Gasteiger partial charge in [-0.15, -0.1) is 0 Å². The van der Waals surface area contributed by atoms with Gasteiger partial charge in [-0.2, -0.15) is 23.4 Å². The molecule has 0 atom stereocenters. The van der Waals surface area contributed by atoms with Gasteiger partial charge < -0.3 is 5.32 Å². The summed E-state index contributed by atoms with van der Waals surface area (Å²) in [5.74, 6) is 0.506. The maximum Gasteiger partial charge on any atom is 0.419 e. The molecule has 0 radical (unpaired) electrons. The molecule has 1 saturated carbocycles. The summed E-state index contributed by atoms with van der Waals surface area (Å²) in [6.45, 7) is 3.79. The normalized spacial score (nSPS) is 15.0. The fraction of sp³-hybridized carbons (Fsp3) is 0.471. The van der Waals surface area contributed by atoms with Crippen molar-refractivity contribution in [1.82, 2.24) is 34.5 Å². The van der Waals surface area contributed by atoms with Crippen LogP contribution in [0.25, 0.3) is 0 Å². The molecule has 29 heavy (non-hydrogen) atoms. The fourth-order valence-electron chi connectivity index (χ4n) is 3.14. The Hall–Kier alpha value is -2.69. The van der Waals surface area contributed by atoms with Crippen molar-refractivity contribution in [3.8, 4) is 0 Å². The van der Waals surface area contributed by atoms with E-state index in [0.29, 0.717) is 24.4 Å². The Morgan fingerprint density at radius 1 is 1.21 bits per heavy atom. The topological polar surface area (TPSA) is 86.3 Å². The van der Waals surface area contributed by atoms with Crippen LogP contribution in [0.2, 0.25) is 5.15 Å². The third-order valence-electron chi connectivity index (χ3n) is 4.83. The van der Waals surface area contributed by atoms with Crippen LogP contribution in [0.1, 0.15) is 49.7 Å². The number of aryl methyl sites for hydroxylation is 1. The van der Waals surface area contributed by atoms with Crippen molar-refractivity contribution in [1.29, 1.82) is 0 Å². The second kappa shape index (κ2) is 6.68. The number of nitrogens with one attached hydrogen (secondary N) is 1. The Labute approximate surface area is 169 Å². The number of anilines is 2. The number of hydrogen-bond donors (Lipinski definition) is 1. The molecule has 12 heteroatoms. The molecule has 3 aromatic heterocycles. The van der Waals surface area contributed by atoms with Crippen LogP contribution in [0.4, 0.5) is 24.8 Å². The molecular formula is C17H18ClF3N8. The average molecular weight is 427 g/mol. The van der Waals surface area contributed by atoms with E-state index in [1.54, 1.807) is 22.6 Å². The summed E-state index contributed by atoms with van der Waals surface area (Å²) in [6, 6.07) is 0. The molecule has 0 bridgehead atoms. The van der Waals surface area contributed by atoms with E-state index < -0.39 is 17.3 Å². The zero-order valence-electron chi connectivity index (χ0n) is 15.9. The zero-order chi connectivity index (χ0) is 21.0. The van der Waals surface area contributed by atoms with E-state index in [9.17, 15) is 13.2 Å². The second-order valence-corrected chi connectivity index (χ2v) is 7.79. The smallest absolute Gasteiger partial charge is 0.320 e. The van der Waals surface area contributed by atoms with E-state index >= 15 is 0 Å². The summed E-state index contributed by atoms with van der Waals surface area (Å²) in [6.07, 6.45) is 0.768. The number of halogens is 4. The highest BCUT2D eigenvalue weighted by Crippen LogP contribution is 2.45. The first-order chi connectivity index (χ1) is 13.6. The summed E-state index contributed by atoms with van der Waals surface area (Å²) in [5.41, 5.74) is -1.08. The van der Waals surface area contributed by atoms with Crippen molar-refractivity contribution in [2.75, 3.05) is 5.32 Å². The highest BCUT2D eigenvalue weighted by Gasteiger charge is 2.40. The summed E-state index contributed by atoms with van der Waals surface area (Å²) >= 11 is 6.25. The third kappa shape index (κ3) is 3.66. The van der Waals surface area contributed by atoms with Gasteiger partial charge in [0.05, 0.1) is 23.1 Å². The SMILES string of the molecule is Cn1ncnc1C(C)(C)n1cc(Nc2ncc(C(F)(F)F)c(C3CC3)n2)c(Cl)n1. The summed E-state index contributed by atoms with van der Waals surface area (Å²) in [4.78, 5) is 12.2. The molecule has 4 rings (SSSR count). The van der Waals surface area contributed by atoms with E-state index in [2.05, 4.69) is 30.5 Å². The summed E-state index contributed by atoms with van der Waals surface area (Å²) in [5, 5.41) is 11.4. The molecular weight excluding hydrogens is 409 g/mol. The first-order valence-corrected chi connectivity index (χ1v) is 9.26. The maximum atomic E-state index is 13.2. The van der Waals surface area contributed by atoms with Crippen molar-refractivity contribution < 1.29 is 13.2 Å². The van der Waals surface area contributed by atoms with Gasteiger partial charge >= 0.3 is 6.18 Å². The lowest BCUT2D eigenvalue weighted by molar-refractivity contribution is -0.138. The summed E-state index contributed by atoms with van der Waals surface area (Å²) in [7, 11) is 1.77. The van der Waals surface area contributed by atoms with Gasteiger partial charge in [-0.25, -0.2) is 15.0 Å². The van der Waals surface area contributed by atoms with Crippen LogP contribution in [0.5, 0.6) is 0 Å². The number of alkyl halides is 3. The monoisotopic (exact) mass is 426 g/mol. The molecule has 1 aliphatic rings. The van der Waals surface area contributed by atoms with Crippen molar-refractivity contribution in [2.45, 2.75) is 44.3 Å². The molecule has 0 unspecified atom stereocenters. The van der Waals surface area contributed by atoms with Crippen LogP contribution in [-0.4, -0.2) is 34.5 Å². The van der Waals surface area contributed by atoms with Gasteiger partial charge in [-0.05, 0) is 26.7 Å². The van der Waals surface area contributed by atoms with Crippen molar-refractivity contribution in [3.05, 3.63) is 41.0 Å². The minimum absolute atomic E-state index is 0.0120. The van der Waals surface area contributed by atoms with Crippen molar-refractivity contribution >= 4 is 23.2 Å². The van der Waals surface area contributed by atoms with Gasteiger partial charge in [-0.3, -0.25) is 9.36 Å². The average Bonchev–Trinajstić information content (AvgIpc) is 3.29. The Kier molecular flexibility index (Phi) is 4.52. The second-order valence-electron chi connectivity index (χ2n) is 7.43. The van der Waals surface area contributed by atoms with Gasteiger partial charge in [0, 0.05) is 19.2 Å². The number of rotatable bonds is 5. The van der Waals surface area contributed by atoms with Gasteiger partial charge in [0.25, 0.3) is 0 Å². The van der Waals surface area contributed by atoms with Crippen LogP contribution in [-0.2, 0) is 18.8 Å². The largest absolute Gasteiger partial charge is 0.419 e. The number of aromatic nitrogens is 7. The number of nitrogens with zero attached hydrogens (tertiary/aromatic N) is 7. The van der Waals surface area contributed by atoms with Crippen LogP contribution in [0, 0.1) is 0 Å². The van der Waals surface area contributed by atoms with Crippen LogP contribution >= 0.6 is 11.6 Å². The van der Waals surface area contributed by atoms with E-state index in [1.165, 1.54) is 6.33 Å². The molecule has 1 aliphatic carbocycles. The van der Waals surface area contributed by atoms with E-state index in [0.717, 1.165) is 6.20 Å². The van der Waals surface area contributed by atoms with Gasteiger partial charge in [0.15, 0.2) is 11.0 Å². The lowest BCUT2D eigenvalue weighted by Crippen LogP contribution is -2.31.